The number of sulfonamides is 1. The molecule has 1 saturated heterocycles. The Morgan fingerprint density at radius 1 is 1.13 bits per heavy atom. The molecular weight excluding hydrogens is 400 g/mol. The van der Waals surface area contributed by atoms with Crippen LogP contribution in [0.4, 0.5) is 0 Å². The summed E-state index contributed by atoms with van der Waals surface area (Å²) in [4.78, 5) is 12.9. The average Bonchev–Trinajstić information content (AvgIpc) is 2.78. The number of hydrogen-bond acceptors (Lipinski definition) is 4. The van der Waals surface area contributed by atoms with E-state index in [9.17, 15) is 13.2 Å². The molecule has 1 aliphatic rings. The number of piperidine rings is 1. The minimum absolute atomic E-state index is 0.0685. The maximum absolute atomic E-state index is 12.8. The summed E-state index contributed by atoms with van der Waals surface area (Å²) >= 11 is 0. The zero-order valence-electron chi connectivity index (χ0n) is 17.4. The Morgan fingerprint density at radius 2 is 1.87 bits per heavy atom. The number of hydrogen-bond donors (Lipinski definition) is 1. The minimum atomic E-state index is -3.56. The van der Waals surface area contributed by atoms with Gasteiger partial charge in [0.05, 0.1) is 17.4 Å². The molecule has 1 aliphatic heterocycles. The molecule has 162 valence electrons. The number of carbonyl (C=O) groups is 1. The predicted octanol–water partition coefficient (Wildman–Crippen LogP) is 3.24. The highest BCUT2D eigenvalue weighted by molar-refractivity contribution is 7.89. The molecule has 0 saturated carbocycles. The number of carbonyl (C=O) groups excluding carboxylic acids is 1. The molecular formula is C23H30N2O4S. The van der Waals surface area contributed by atoms with Crippen LogP contribution in [-0.2, 0) is 21.2 Å². The highest BCUT2D eigenvalue weighted by Crippen LogP contribution is 2.24. The molecule has 0 bridgehead atoms. The normalized spacial score (nSPS) is 17.4. The van der Waals surface area contributed by atoms with Gasteiger partial charge in [-0.2, -0.15) is 4.31 Å². The van der Waals surface area contributed by atoms with Gasteiger partial charge < -0.3 is 10.1 Å². The van der Waals surface area contributed by atoms with Crippen molar-refractivity contribution in [2.24, 2.45) is 5.92 Å². The van der Waals surface area contributed by atoms with Crippen molar-refractivity contribution in [2.45, 2.75) is 37.5 Å². The fourth-order valence-electron chi connectivity index (χ4n) is 3.76. The van der Waals surface area contributed by atoms with Crippen molar-refractivity contribution < 1.29 is 17.9 Å². The van der Waals surface area contributed by atoms with Crippen molar-refractivity contribution in [1.29, 1.82) is 0 Å². The van der Waals surface area contributed by atoms with E-state index in [1.807, 2.05) is 31.2 Å². The summed E-state index contributed by atoms with van der Waals surface area (Å²) in [6.45, 7) is 3.83. The van der Waals surface area contributed by atoms with Crippen LogP contribution in [-0.4, -0.2) is 44.9 Å². The zero-order chi connectivity index (χ0) is 21.4. The fourth-order valence-corrected chi connectivity index (χ4v) is 5.30. The van der Waals surface area contributed by atoms with E-state index in [4.69, 9.17) is 4.74 Å². The van der Waals surface area contributed by atoms with Crippen LogP contribution in [0.2, 0.25) is 0 Å². The average molecular weight is 431 g/mol. The van der Waals surface area contributed by atoms with Crippen LogP contribution in [0.15, 0.2) is 59.5 Å². The summed E-state index contributed by atoms with van der Waals surface area (Å²) < 4.78 is 32.8. The Balaban J connectivity index is 1.50. The molecule has 1 heterocycles. The number of ether oxygens (including phenoxy) is 1. The summed E-state index contributed by atoms with van der Waals surface area (Å²) in [5.41, 5.74) is 1.13. The molecule has 1 fully saturated rings. The van der Waals surface area contributed by atoms with Gasteiger partial charge in [0.1, 0.15) is 5.75 Å². The third kappa shape index (κ3) is 5.61. The second-order valence-electron chi connectivity index (χ2n) is 7.45. The molecule has 1 N–H and O–H groups in total. The van der Waals surface area contributed by atoms with E-state index in [-0.39, 0.29) is 23.3 Å². The van der Waals surface area contributed by atoms with Gasteiger partial charge in [0.2, 0.25) is 15.9 Å². The lowest BCUT2D eigenvalue weighted by Gasteiger charge is -2.31. The zero-order valence-corrected chi connectivity index (χ0v) is 18.2. The van der Waals surface area contributed by atoms with Crippen LogP contribution in [0, 0.1) is 5.92 Å². The number of nitrogens with one attached hydrogen (secondary N) is 1. The van der Waals surface area contributed by atoms with Crippen LogP contribution in [0.1, 0.15) is 31.7 Å². The van der Waals surface area contributed by atoms with Crippen LogP contribution < -0.4 is 10.1 Å². The maximum atomic E-state index is 12.8. The largest absolute Gasteiger partial charge is 0.494 e. The van der Waals surface area contributed by atoms with Crippen molar-refractivity contribution in [3.05, 3.63) is 60.2 Å². The van der Waals surface area contributed by atoms with Crippen LogP contribution in [0.25, 0.3) is 0 Å². The van der Waals surface area contributed by atoms with Gasteiger partial charge in [0.15, 0.2) is 0 Å². The maximum Gasteiger partial charge on any atom is 0.243 e. The van der Waals surface area contributed by atoms with Gasteiger partial charge in [0, 0.05) is 19.6 Å². The third-order valence-corrected chi connectivity index (χ3v) is 7.21. The number of rotatable bonds is 9. The Labute approximate surface area is 179 Å². The number of aryl methyl sites for hydroxylation is 1. The standard InChI is InChI=1S/C23H30N2O4S/c1-2-29-22-15-7-6-10-19(22)11-8-16-24-23(26)20-12-9-17-25(18-20)30(27,28)21-13-4-3-5-14-21/h3-7,10,13-15,20H,2,8-9,11-12,16-18H2,1H3,(H,24,26). The third-order valence-electron chi connectivity index (χ3n) is 5.33. The van der Waals surface area contributed by atoms with Gasteiger partial charge in [-0.15, -0.1) is 0 Å². The molecule has 0 aromatic heterocycles. The smallest absolute Gasteiger partial charge is 0.243 e. The molecule has 6 nitrogen and oxygen atoms in total. The first kappa shape index (κ1) is 22.3. The highest BCUT2D eigenvalue weighted by Gasteiger charge is 2.33. The van der Waals surface area contributed by atoms with Crippen molar-refractivity contribution in [1.82, 2.24) is 9.62 Å². The summed E-state index contributed by atoms with van der Waals surface area (Å²) in [7, 11) is -3.56. The SMILES string of the molecule is CCOc1ccccc1CCCNC(=O)C1CCCN(S(=O)(=O)c2ccccc2)C1. The van der Waals surface area contributed by atoms with Crippen molar-refractivity contribution >= 4 is 15.9 Å². The molecule has 1 unspecified atom stereocenters. The van der Waals surface area contributed by atoms with Crippen molar-refractivity contribution in [3.63, 3.8) is 0 Å². The van der Waals surface area contributed by atoms with Crippen LogP contribution >= 0.6 is 0 Å². The van der Waals surface area contributed by atoms with Crippen molar-refractivity contribution in [3.8, 4) is 5.75 Å². The lowest BCUT2D eigenvalue weighted by atomic mass is 9.99. The van der Waals surface area contributed by atoms with Gasteiger partial charge >= 0.3 is 0 Å². The van der Waals surface area contributed by atoms with E-state index in [0.717, 1.165) is 24.2 Å². The number of para-hydroxylation sites is 1. The molecule has 0 spiro atoms. The molecule has 1 atom stereocenters. The molecule has 2 aromatic rings. The highest BCUT2D eigenvalue weighted by atomic mass is 32.2. The lowest BCUT2D eigenvalue weighted by Crippen LogP contribution is -2.45. The first-order valence-corrected chi connectivity index (χ1v) is 12.0. The van der Waals surface area contributed by atoms with Gasteiger partial charge in [-0.05, 0) is 56.4 Å². The first-order chi connectivity index (χ1) is 14.5. The molecule has 30 heavy (non-hydrogen) atoms. The van der Waals surface area contributed by atoms with Gasteiger partial charge in [-0.1, -0.05) is 36.4 Å². The van der Waals surface area contributed by atoms with Gasteiger partial charge in [-0.3, -0.25) is 4.79 Å². The van der Waals surface area contributed by atoms with E-state index in [2.05, 4.69) is 5.32 Å². The Morgan fingerprint density at radius 3 is 2.63 bits per heavy atom. The summed E-state index contributed by atoms with van der Waals surface area (Å²) in [5, 5.41) is 2.98. The Hall–Kier alpha value is -2.38. The van der Waals surface area contributed by atoms with E-state index >= 15 is 0 Å². The summed E-state index contributed by atoms with van der Waals surface area (Å²) in [6.07, 6.45) is 3.01. The topological polar surface area (TPSA) is 75.7 Å². The molecule has 0 radical (unpaired) electrons. The van der Waals surface area contributed by atoms with Gasteiger partial charge in [-0.25, -0.2) is 8.42 Å². The minimum Gasteiger partial charge on any atom is -0.494 e. The predicted molar refractivity (Wildman–Crippen MR) is 117 cm³/mol. The Kier molecular flexibility index (Phi) is 7.87. The van der Waals surface area contributed by atoms with Gasteiger partial charge in [0.25, 0.3) is 0 Å². The second kappa shape index (κ2) is 10.6. The first-order valence-electron chi connectivity index (χ1n) is 10.6. The van der Waals surface area contributed by atoms with E-state index in [0.29, 0.717) is 32.5 Å². The molecule has 1 amide bonds. The number of amides is 1. The number of nitrogens with zero attached hydrogens (tertiary/aromatic N) is 1. The molecule has 0 aliphatic carbocycles. The lowest BCUT2D eigenvalue weighted by molar-refractivity contribution is -0.126. The fraction of sp³-hybridized carbons (Fsp3) is 0.435. The van der Waals surface area contributed by atoms with E-state index in [1.165, 1.54) is 4.31 Å². The molecule has 2 aromatic carbocycles. The van der Waals surface area contributed by atoms with Crippen LogP contribution in [0.3, 0.4) is 0 Å². The monoisotopic (exact) mass is 430 g/mol. The Bertz CT molecular complexity index is 931. The van der Waals surface area contributed by atoms with Crippen LogP contribution in [0.5, 0.6) is 5.75 Å². The second-order valence-corrected chi connectivity index (χ2v) is 9.39. The summed E-state index contributed by atoms with van der Waals surface area (Å²) in [5.74, 6) is 0.509. The van der Waals surface area contributed by atoms with Crippen molar-refractivity contribution in [2.75, 3.05) is 26.2 Å². The van der Waals surface area contributed by atoms with E-state index in [1.54, 1.807) is 30.3 Å². The molecule has 3 rings (SSSR count). The quantitative estimate of drug-likeness (QED) is 0.620. The number of benzene rings is 2. The summed E-state index contributed by atoms with van der Waals surface area (Å²) in [6, 6.07) is 16.3. The van der Waals surface area contributed by atoms with E-state index < -0.39 is 10.0 Å². The molecule has 7 heteroatoms.